The van der Waals surface area contributed by atoms with E-state index in [1.807, 2.05) is 0 Å². The monoisotopic (exact) mass is 486 g/mol. The van der Waals surface area contributed by atoms with Gasteiger partial charge < -0.3 is 9.47 Å². The summed E-state index contributed by atoms with van der Waals surface area (Å²) in [5.74, 6) is 0. The lowest BCUT2D eigenvalue weighted by atomic mass is 10.4. The highest BCUT2D eigenvalue weighted by atomic mass is 28.3. The van der Waals surface area contributed by atoms with Gasteiger partial charge in [0.05, 0.1) is 44.8 Å². The number of rotatable bonds is 14. The van der Waals surface area contributed by atoms with Gasteiger partial charge in [0.25, 0.3) is 0 Å². The molecular weight excluding hydrogens is 437 g/mol. The normalized spacial score (nSPS) is 15.3. The summed E-state index contributed by atoms with van der Waals surface area (Å²) >= 11 is 0. The molecular formula is C23H50O3Si4. The van der Waals surface area contributed by atoms with Gasteiger partial charge in [0, 0.05) is 0 Å². The standard InChI is InChI=1S/C23H50O3Si4/c1-13-21(17-27(5,6)15-3)29(9,10)19-25-23(24)26-20-30(11,12)22(14-2)18-28(7,8)16-4/h15-16,21-22H,3-4,13-14,17-20H2,1-2,5-12H3. The molecule has 0 aromatic carbocycles. The predicted molar refractivity (Wildman–Crippen MR) is 145 cm³/mol. The molecule has 2 unspecified atom stereocenters. The van der Waals surface area contributed by atoms with Crippen molar-refractivity contribution in [3.63, 3.8) is 0 Å². The lowest BCUT2D eigenvalue weighted by Gasteiger charge is -2.36. The molecule has 0 saturated carbocycles. The van der Waals surface area contributed by atoms with Gasteiger partial charge in [0.2, 0.25) is 0 Å². The lowest BCUT2D eigenvalue weighted by molar-refractivity contribution is 0.0772. The minimum absolute atomic E-state index is 0.471. The Labute approximate surface area is 191 Å². The van der Waals surface area contributed by atoms with E-state index in [0.29, 0.717) is 23.5 Å². The van der Waals surface area contributed by atoms with E-state index in [0.717, 1.165) is 12.8 Å². The topological polar surface area (TPSA) is 35.5 Å². The molecule has 0 fully saturated rings. The van der Waals surface area contributed by atoms with Crippen LogP contribution in [0, 0.1) is 0 Å². The Bertz CT molecular complexity index is 523. The highest BCUT2D eigenvalue weighted by molar-refractivity contribution is 6.86. The van der Waals surface area contributed by atoms with Gasteiger partial charge in [-0.25, -0.2) is 4.79 Å². The molecule has 0 saturated heterocycles. The molecule has 0 aliphatic carbocycles. The van der Waals surface area contributed by atoms with Crippen molar-refractivity contribution >= 4 is 38.5 Å². The Morgan fingerprint density at radius 2 is 1.03 bits per heavy atom. The fraction of sp³-hybridized carbons (Fsp3) is 0.783. The zero-order chi connectivity index (χ0) is 23.8. The fourth-order valence-corrected chi connectivity index (χ4v) is 18.8. The summed E-state index contributed by atoms with van der Waals surface area (Å²) in [6.45, 7) is 31.5. The van der Waals surface area contributed by atoms with Gasteiger partial charge in [-0.2, -0.15) is 0 Å². The first kappa shape index (κ1) is 29.6. The largest absolute Gasteiger partial charge is 0.507 e. The molecule has 0 heterocycles. The third-order valence-corrected chi connectivity index (χ3v) is 20.5. The van der Waals surface area contributed by atoms with Crippen molar-refractivity contribution in [1.29, 1.82) is 0 Å². The molecule has 0 aliphatic rings. The maximum atomic E-state index is 12.4. The van der Waals surface area contributed by atoms with E-state index in [9.17, 15) is 4.79 Å². The zero-order valence-electron chi connectivity index (χ0n) is 21.7. The molecule has 0 spiro atoms. The first-order valence-corrected chi connectivity index (χ1v) is 24.8. The van der Waals surface area contributed by atoms with Crippen LogP contribution in [-0.4, -0.2) is 50.9 Å². The molecule has 0 radical (unpaired) electrons. The summed E-state index contributed by atoms with van der Waals surface area (Å²) in [6.07, 6.45) is 2.90. The minimum atomic E-state index is -1.69. The van der Waals surface area contributed by atoms with Crippen LogP contribution in [0.25, 0.3) is 0 Å². The van der Waals surface area contributed by atoms with Crippen molar-refractivity contribution in [3.8, 4) is 0 Å². The van der Waals surface area contributed by atoms with Crippen LogP contribution in [0.3, 0.4) is 0 Å². The minimum Gasteiger partial charge on any atom is -0.438 e. The summed E-state index contributed by atoms with van der Waals surface area (Å²) in [5, 5.41) is 0. The average Bonchev–Trinajstić information content (AvgIpc) is 2.67. The van der Waals surface area contributed by atoms with E-state index in [-0.39, 0.29) is 0 Å². The second kappa shape index (κ2) is 12.0. The maximum Gasteiger partial charge on any atom is 0.507 e. The van der Waals surface area contributed by atoms with E-state index < -0.39 is 38.5 Å². The molecule has 0 bridgehead atoms. The van der Waals surface area contributed by atoms with Crippen LogP contribution in [0.2, 0.25) is 75.5 Å². The van der Waals surface area contributed by atoms with Crippen LogP contribution < -0.4 is 0 Å². The Hall–Kier alpha value is -0.382. The van der Waals surface area contributed by atoms with Crippen LogP contribution >= 0.6 is 0 Å². The highest BCUT2D eigenvalue weighted by Crippen LogP contribution is 2.36. The number of hydrogen-bond donors (Lipinski definition) is 0. The smallest absolute Gasteiger partial charge is 0.438 e. The Morgan fingerprint density at radius 1 is 0.733 bits per heavy atom. The van der Waals surface area contributed by atoms with E-state index in [1.54, 1.807) is 0 Å². The van der Waals surface area contributed by atoms with E-state index in [1.165, 1.54) is 12.1 Å². The maximum absolute atomic E-state index is 12.4. The third-order valence-electron chi connectivity index (χ3n) is 6.97. The van der Waals surface area contributed by atoms with Crippen LogP contribution in [0.4, 0.5) is 4.79 Å². The number of ether oxygens (including phenoxy) is 2. The molecule has 0 aromatic rings. The second-order valence-electron chi connectivity index (χ2n) is 11.8. The van der Waals surface area contributed by atoms with Crippen molar-refractivity contribution in [2.24, 2.45) is 0 Å². The molecule has 0 N–H and O–H groups in total. The quantitative estimate of drug-likeness (QED) is 0.184. The van der Waals surface area contributed by atoms with Gasteiger partial charge in [0.15, 0.2) is 0 Å². The molecule has 30 heavy (non-hydrogen) atoms. The van der Waals surface area contributed by atoms with Crippen LogP contribution in [0.1, 0.15) is 26.7 Å². The first-order valence-electron chi connectivity index (χ1n) is 11.6. The van der Waals surface area contributed by atoms with Crippen molar-refractivity contribution in [2.45, 2.75) is 102 Å². The first-order chi connectivity index (χ1) is 13.6. The van der Waals surface area contributed by atoms with Crippen molar-refractivity contribution < 1.29 is 14.3 Å². The van der Waals surface area contributed by atoms with Gasteiger partial charge in [-0.1, -0.05) is 91.2 Å². The summed E-state index contributed by atoms with van der Waals surface area (Å²) in [5.41, 5.74) is 5.66. The van der Waals surface area contributed by atoms with Gasteiger partial charge >= 0.3 is 6.16 Å². The van der Waals surface area contributed by atoms with Crippen LogP contribution in [0.15, 0.2) is 24.6 Å². The van der Waals surface area contributed by atoms with Gasteiger partial charge in [0.1, 0.15) is 0 Å². The van der Waals surface area contributed by atoms with Crippen molar-refractivity contribution in [3.05, 3.63) is 24.6 Å². The summed E-state index contributed by atoms with van der Waals surface area (Å²) in [4.78, 5) is 12.4. The lowest BCUT2D eigenvalue weighted by Crippen LogP contribution is -2.44. The number of hydrogen-bond acceptors (Lipinski definition) is 3. The van der Waals surface area contributed by atoms with E-state index in [2.05, 4.69) is 90.8 Å². The van der Waals surface area contributed by atoms with Crippen LogP contribution in [-0.2, 0) is 9.47 Å². The number of carbonyl (C=O) groups excluding carboxylic acids is 1. The molecule has 176 valence electrons. The van der Waals surface area contributed by atoms with Gasteiger partial charge in [-0.05, 0) is 11.1 Å². The zero-order valence-corrected chi connectivity index (χ0v) is 25.7. The molecule has 0 aliphatic heterocycles. The second-order valence-corrected chi connectivity index (χ2v) is 31.6. The van der Waals surface area contributed by atoms with Crippen LogP contribution in [0.5, 0.6) is 0 Å². The summed E-state index contributed by atoms with van der Waals surface area (Å²) < 4.78 is 11.3. The molecule has 0 rings (SSSR count). The van der Waals surface area contributed by atoms with Gasteiger partial charge in [-0.15, -0.1) is 24.6 Å². The predicted octanol–water partition coefficient (Wildman–Crippen LogP) is 8.06. The third kappa shape index (κ3) is 10.3. The van der Waals surface area contributed by atoms with Crippen molar-refractivity contribution in [1.82, 2.24) is 0 Å². The van der Waals surface area contributed by atoms with Crippen molar-refractivity contribution in [2.75, 3.05) is 12.5 Å². The Morgan fingerprint density at radius 3 is 1.27 bits per heavy atom. The van der Waals surface area contributed by atoms with E-state index >= 15 is 0 Å². The molecule has 3 nitrogen and oxygen atoms in total. The van der Waals surface area contributed by atoms with E-state index in [4.69, 9.17) is 9.47 Å². The summed E-state index contributed by atoms with van der Waals surface area (Å²) in [6, 6.07) is 2.46. The average molecular weight is 487 g/mol. The Balaban J connectivity index is 4.85. The molecule has 0 aromatic heterocycles. The Kier molecular flexibility index (Phi) is 11.9. The molecule has 2 atom stereocenters. The SMILES string of the molecule is C=C[Si](C)(C)CC(CC)[Si](C)(C)COC(=O)OC[Si](C)(C)C(CC)C[Si](C)(C)C=C. The highest BCUT2D eigenvalue weighted by Gasteiger charge is 2.38. The number of carbonyl (C=O) groups is 1. The van der Waals surface area contributed by atoms with Gasteiger partial charge in [-0.3, -0.25) is 0 Å². The summed E-state index contributed by atoms with van der Waals surface area (Å²) in [7, 11) is -6.14. The molecule has 7 heteroatoms. The molecule has 0 amide bonds. The fourth-order valence-electron chi connectivity index (χ4n) is 4.15.